The van der Waals surface area contributed by atoms with Crippen molar-refractivity contribution in [3.8, 4) is 11.3 Å². The van der Waals surface area contributed by atoms with Crippen LogP contribution in [0.5, 0.6) is 0 Å². The van der Waals surface area contributed by atoms with Crippen LogP contribution in [-0.2, 0) is 9.53 Å². The molecule has 0 aliphatic carbocycles. The topological polar surface area (TPSA) is 71.5 Å². The highest BCUT2D eigenvalue weighted by Crippen LogP contribution is 2.24. The minimum atomic E-state index is -0.941. The first kappa shape index (κ1) is 21.5. The molecule has 0 saturated carbocycles. The number of aromatic nitrogens is 1. The number of nitrogens with one attached hydrogen (secondary N) is 1. The van der Waals surface area contributed by atoms with Gasteiger partial charge in [-0.05, 0) is 45.0 Å². The van der Waals surface area contributed by atoms with Crippen LogP contribution >= 0.6 is 11.3 Å². The van der Waals surface area contributed by atoms with E-state index in [0.717, 1.165) is 30.0 Å². The number of thiazole rings is 1. The first-order chi connectivity index (χ1) is 14.5. The molecule has 3 rings (SSSR count). The molecule has 0 saturated heterocycles. The summed E-state index contributed by atoms with van der Waals surface area (Å²) < 4.78 is 5.33. The Labute approximate surface area is 180 Å². The molecule has 30 heavy (non-hydrogen) atoms. The van der Waals surface area contributed by atoms with E-state index < -0.39 is 18.0 Å². The van der Waals surface area contributed by atoms with Gasteiger partial charge in [0.15, 0.2) is 11.2 Å². The molecule has 7 heteroatoms. The Bertz CT molecular complexity index is 982. The third-order valence-corrected chi connectivity index (χ3v) is 5.45. The van der Waals surface area contributed by atoms with Crippen LogP contribution in [0.3, 0.4) is 0 Å². The third kappa shape index (κ3) is 5.24. The fraction of sp³-hybridized carbons (Fsp3) is 0.261. The minimum absolute atomic E-state index is 0.408. The average Bonchev–Trinajstić information content (AvgIpc) is 3.24. The van der Waals surface area contributed by atoms with Crippen molar-refractivity contribution in [3.05, 3.63) is 65.5 Å². The summed E-state index contributed by atoms with van der Waals surface area (Å²) in [4.78, 5) is 31.4. The van der Waals surface area contributed by atoms with E-state index in [2.05, 4.69) is 29.0 Å². The summed E-state index contributed by atoms with van der Waals surface area (Å²) in [6.07, 6.45) is -0.941. The zero-order valence-corrected chi connectivity index (χ0v) is 18.1. The molecular formula is C23H25N3O3S. The van der Waals surface area contributed by atoms with Crippen molar-refractivity contribution >= 4 is 34.0 Å². The van der Waals surface area contributed by atoms with E-state index in [1.54, 1.807) is 19.1 Å². The Kier molecular flexibility index (Phi) is 7.19. The van der Waals surface area contributed by atoms with Crippen molar-refractivity contribution in [2.45, 2.75) is 26.9 Å². The number of carbonyl (C=O) groups is 2. The van der Waals surface area contributed by atoms with Crippen molar-refractivity contribution in [1.82, 2.24) is 4.98 Å². The molecule has 0 spiro atoms. The number of carbonyl (C=O) groups excluding carboxylic acids is 2. The molecule has 6 nitrogen and oxygen atoms in total. The standard InChI is InChI=1S/C23H25N3O3S/c1-4-26(5-2)19-13-11-18(12-14-19)22(28)29-16(3)21(27)25-23-24-20(15-30-23)17-9-7-6-8-10-17/h6-16H,4-5H2,1-3H3,(H,24,25,27)/t16-/m0/s1. The maximum atomic E-state index is 12.4. The fourth-order valence-electron chi connectivity index (χ4n) is 2.96. The average molecular weight is 424 g/mol. The Hall–Kier alpha value is -3.19. The maximum Gasteiger partial charge on any atom is 0.338 e. The quantitative estimate of drug-likeness (QED) is 0.525. The molecule has 1 heterocycles. The monoisotopic (exact) mass is 423 g/mol. The van der Waals surface area contributed by atoms with Crippen LogP contribution in [0.25, 0.3) is 11.3 Å². The number of rotatable bonds is 8. The summed E-state index contributed by atoms with van der Waals surface area (Å²) in [6.45, 7) is 7.48. The molecule has 0 aliphatic heterocycles. The van der Waals surface area contributed by atoms with Gasteiger partial charge in [0.25, 0.3) is 5.91 Å². The Morgan fingerprint density at radius 1 is 1.07 bits per heavy atom. The number of nitrogens with zero attached hydrogens (tertiary/aromatic N) is 2. The van der Waals surface area contributed by atoms with Crippen molar-refractivity contribution in [3.63, 3.8) is 0 Å². The molecule has 2 aromatic carbocycles. The Morgan fingerprint density at radius 3 is 2.37 bits per heavy atom. The van der Waals surface area contributed by atoms with E-state index >= 15 is 0 Å². The fourth-order valence-corrected chi connectivity index (χ4v) is 3.68. The highest BCUT2D eigenvalue weighted by molar-refractivity contribution is 7.14. The Balaban J connectivity index is 1.57. The van der Waals surface area contributed by atoms with E-state index in [4.69, 9.17) is 4.74 Å². The molecule has 3 aromatic rings. The summed E-state index contributed by atoms with van der Waals surface area (Å²) in [6, 6.07) is 16.9. The van der Waals surface area contributed by atoms with Gasteiger partial charge in [-0.1, -0.05) is 30.3 Å². The van der Waals surface area contributed by atoms with Gasteiger partial charge < -0.3 is 9.64 Å². The van der Waals surface area contributed by atoms with E-state index in [1.807, 2.05) is 47.8 Å². The Morgan fingerprint density at radius 2 is 1.73 bits per heavy atom. The van der Waals surface area contributed by atoms with E-state index in [0.29, 0.717) is 10.7 Å². The molecule has 0 bridgehead atoms. The summed E-state index contributed by atoms with van der Waals surface area (Å²) in [7, 11) is 0. The van der Waals surface area contributed by atoms with E-state index in [-0.39, 0.29) is 0 Å². The number of benzene rings is 2. The number of hydrogen-bond acceptors (Lipinski definition) is 6. The molecule has 0 unspecified atom stereocenters. The van der Waals surface area contributed by atoms with Gasteiger partial charge in [-0.3, -0.25) is 10.1 Å². The summed E-state index contributed by atoms with van der Waals surface area (Å²) in [5.41, 5.74) is 3.21. The predicted octanol–water partition coefficient (Wildman–Crippen LogP) is 4.84. The molecule has 1 aromatic heterocycles. The second-order valence-corrected chi connectivity index (χ2v) is 7.52. The third-order valence-electron chi connectivity index (χ3n) is 4.69. The molecule has 1 N–H and O–H groups in total. The lowest BCUT2D eigenvalue weighted by Gasteiger charge is -2.21. The van der Waals surface area contributed by atoms with Crippen molar-refractivity contribution in [2.24, 2.45) is 0 Å². The predicted molar refractivity (Wildman–Crippen MR) is 121 cm³/mol. The van der Waals surface area contributed by atoms with Crippen LogP contribution in [0.1, 0.15) is 31.1 Å². The van der Waals surface area contributed by atoms with E-state index in [9.17, 15) is 9.59 Å². The highest BCUT2D eigenvalue weighted by Gasteiger charge is 2.20. The number of esters is 1. The summed E-state index contributed by atoms with van der Waals surface area (Å²) in [5, 5.41) is 5.05. The van der Waals surface area contributed by atoms with Crippen molar-refractivity contribution in [2.75, 3.05) is 23.3 Å². The lowest BCUT2D eigenvalue weighted by atomic mass is 10.2. The summed E-state index contributed by atoms with van der Waals surface area (Å²) in [5.74, 6) is -0.954. The van der Waals surface area contributed by atoms with Gasteiger partial charge in [0.1, 0.15) is 0 Å². The maximum absolute atomic E-state index is 12.4. The minimum Gasteiger partial charge on any atom is -0.449 e. The molecule has 0 aliphatic rings. The van der Waals surface area contributed by atoms with Gasteiger partial charge >= 0.3 is 5.97 Å². The molecule has 1 amide bonds. The smallest absolute Gasteiger partial charge is 0.338 e. The highest BCUT2D eigenvalue weighted by atomic mass is 32.1. The normalized spacial score (nSPS) is 11.6. The number of ether oxygens (including phenoxy) is 1. The number of amides is 1. The summed E-state index contributed by atoms with van der Waals surface area (Å²) >= 11 is 1.33. The second-order valence-electron chi connectivity index (χ2n) is 6.66. The van der Waals surface area contributed by atoms with Gasteiger partial charge in [0, 0.05) is 29.7 Å². The number of hydrogen-bond donors (Lipinski definition) is 1. The van der Waals surface area contributed by atoms with Gasteiger partial charge in [0.05, 0.1) is 11.3 Å². The first-order valence-corrected chi connectivity index (χ1v) is 10.8. The van der Waals surface area contributed by atoms with Crippen LogP contribution in [0.15, 0.2) is 60.0 Å². The van der Waals surface area contributed by atoms with Crippen LogP contribution in [0.4, 0.5) is 10.8 Å². The SMILES string of the molecule is CCN(CC)c1ccc(C(=O)O[C@@H](C)C(=O)Nc2nc(-c3ccccc3)cs2)cc1. The number of anilines is 2. The first-order valence-electron chi connectivity index (χ1n) is 9.89. The molecule has 156 valence electrons. The van der Waals surface area contributed by atoms with Crippen LogP contribution in [0.2, 0.25) is 0 Å². The van der Waals surface area contributed by atoms with E-state index in [1.165, 1.54) is 11.3 Å². The van der Waals surface area contributed by atoms with Crippen molar-refractivity contribution in [1.29, 1.82) is 0 Å². The van der Waals surface area contributed by atoms with Crippen molar-refractivity contribution < 1.29 is 14.3 Å². The lowest BCUT2D eigenvalue weighted by Crippen LogP contribution is -2.30. The zero-order chi connectivity index (χ0) is 21.5. The van der Waals surface area contributed by atoms with Gasteiger partial charge in [-0.25, -0.2) is 9.78 Å². The second kappa shape index (κ2) is 10.0. The zero-order valence-electron chi connectivity index (χ0n) is 17.3. The lowest BCUT2D eigenvalue weighted by molar-refractivity contribution is -0.123. The van der Waals surface area contributed by atoms with Gasteiger partial charge in [-0.2, -0.15) is 0 Å². The molecule has 1 atom stereocenters. The molecule has 0 radical (unpaired) electrons. The largest absolute Gasteiger partial charge is 0.449 e. The van der Waals surface area contributed by atoms with Crippen LogP contribution < -0.4 is 10.2 Å². The van der Waals surface area contributed by atoms with Gasteiger partial charge in [0.2, 0.25) is 0 Å². The van der Waals surface area contributed by atoms with Crippen LogP contribution in [-0.4, -0.2) is 36.1 Å². The van der Waals surface area contributed by atoms with Gasteiger partial charge in [-0.15, -0.1) is 11.3 Å². The van der Waals surface area contributed by atoms with Crippen LogP contribution in [0, 0.1) is 0 Å². The molecule has 0 fully saturated rings. The molecular weight excluding hydrogens is 398 g/mol.